The lowest BCUT2D eigenvalue weighted by atomic mass is 10.2. The molecule has 0 saturated heterocycles. The molecule has 4 rings (SSSR count). The summed E-state index contributed by atoms with van der Waals surface area (Å²) in [5.74, 6) is -0.870. The quantitative estimate of drug-likeness (QED) is 0.319. The van der Waals surface area contributed by atoms with Crippen LogP contribution >= 0.6 is 0 Å². The van der Waals surface area contributed by atoms with Gasteiger partial charge >= 0.3 is 6.36 Å². The van der Waals surface area contributed by atoms with Crippen LogP contribution in [0.4, 0.5) is 17.6 Å². The van der Waals surface area contributed by atoms with E-state index in [1.54, 1.807) is 30.5 Å². The molecule has 1 aromatic heterocycles. The number of rotatable bonds is 9. The summed E-state index contributed by atoms with van der Waals surface area (Å²) in [5, 5.41) is 0. The predicted octanol–water partition coefficient (Wildman–Crippen LogP) is 3.93. The molecule has 0 saturated carbocycles. The van der Waals surface area contributed by atoms with Crippen molar-refractivity contribution in [2.45, 2.75) is 30.8 Å². The molecular formula is C25H23F4N3O5S. The standard InChI is InChI=1S/C25H23F4N3O5S/c26-20-4-1-18(2-5-20)15-31-16-19(3-10-24(31)33)17-36-30-21-11-13-32(14-12-21)38(34,35)23-8-6-22(7-9-23)37-25(27,28)29/h1-11,16,30H,12-15,17H2. The zero-order valence-corrected chi connectivity index (χ0v) is 20.6. The van der Waals surface area contributed by atoms with E-state index in [1.807, 2.05) is 0 Å². The number of alkyl halides is 3. The second-order valence-corrected chi connectivity index (χ2v) is 10.3. The van der Waals surface area contributed by atoms with Crippen molar-refractivity contribution in [2.24, 2.45) is 0 Å². The Hall–Kier alpha value is -3.68. The van der Waals surface area contributed by atoms with Gasteiger partial charge in [-0.05, 0) is 59.7 Å². The van der Waals surface area contributed by atoms with Gasteiger partial charge in [-0.3, -0.25) is 15.1 Å². The molecule has 1 N–H and O–H groups in total. The average molecular weight is 554 g/mol. The van der Waals surface area contributed by atoms with Gasteiger partial charge in [-0.1, -0.05) is 12.1 Å². The van der Waals surface area contributed by atoms with Gasteiger partial charge < -0.3 is 9.30 Å². The number of benzene rings is 2. The molecule has 0 aliphatic carbocycles. The summed E-state index contributed by atoms with van der Waals surface area (Å²) in [7, 11) is -3.92. The Morgan fingerprint density at radius 1 is 0.947 bits per heavy atom. The summed E-state index contributed by atoms with van der Waals surface area (Å²) in [4.78, 5) is 17.5. The maximum atomic E-state index is 13.1. The molecule has 3 aromatic rings. The lowest BCUT2D eigenvalue weighted by Gasteiger charge is -2.26. The zero-order chi connectivity index (χ0) is 27.3. The highest BCUT2D eigenvalue weighted by atomic mass is 32.2. The Bertz CT molecular complexity index is 1450. The zero-order valence-electron chi connectivity index (χ0n) is 19.8. The topological polar surface area (TPSA) is 89.9 Å². The molecule has 8 nitrogen and oxygen atoms in total. The van der Waals surface area contributed by atoms with E-state index < -0.39 is 22.1 Å². The molecule has 0 fully saturated rings. The number of sulfonamides is 1. The second kappa shape index (κ2) is 11.4. The first-order valence-electron chi connectivity index (χ1n) is 11.4. The third-order valence-electron chi connectivity index (χ3n) is 5.62. The fourth-order valence-corrected chi connectivity index (χ4v) is 5.09. The second-order valence-electron chi connectivity index (χ2n) is 8.38. The first kappa shape index (κ1) is 27.4. The van der Waals surface area contributed by atoms with Crippen molar-refractivity contribution in [3.05, 3.63) is 106 Å². The molecule has 0 atom stereocenters. The number of hydroxylamine groups is 1. The monoisotopic (exact) mass is 553 g/mol. The number of nitrogens with zero attached hydrogens (tertiary/aromatic N) is 2. The van der Waals surface area contributed by atoms with Gasteiger partial charge in [-0.15, -0.1) is 13.2 Å². The van der Waals surface area contributed by atoms with Crippen LogP contribution in [0.5, 0.6) is 5.75 Å². The number of aromatic nitrogens is 1. The Labute approximate surface area is 215 Å². The van der Waals surface area contributed by atoms with Crippen LogP contribution in [0, 0.1) is 5.82 Å². The lowest BCUT2D eigenvalue weighted by Crippen LogP contribution is -2.36. The Morgan fingerprint density at radius 3 is 2.26 bits per heavy atom. The van der Waals surface area contributed by atoms with Crippen LogP contribution in [-0.2, 0) is 28.0 Å². The molecule has 1 aliphatic heterocycles. The molecule has 0 bridgehead atoms. The molecule has 1 aliphatic rings. The summed E-state index contributed by atoms with van der Waals surface area (Å²) in [6.45, 7) is 0.564. The molecular weight excluding hydrogens is 530 g/mol. The van der Waals surface area contributed by atoms with Crippen LogP contribution in [-0.4, -0.2) is 36.7 Å². The smallest absolute Gasteiger partial charge is 0.406 e. The van der Waals surface area contributed by atoms with Crippen molar-refractivity contribution in [2.75, 3.05) is 13.1 Å². The Kier molecular flexibility index (Phi) is 8.19. The summed E-state index contributed by atoms with van der Waals surface area (Å²) in [5.41, 5.74) is 4.70. The van der Waals surface area contributed by atoms with Gasteiger partial charge in [-0.25, -0.2) is 12.8 Å². The maximum absolute atomic E-state index is 13.1. The number of pyridine rings is 1. The number of nitrogens with one attached hydrogen (secondary N) is 1. The average Bonchev–Trinajstić information content (AvgIpc) is 2.87. The highest BCUT2D eigenvalue weighted by molar-refractivity contribution is 7.89. The molecule has 0 spiro atoms. The summed E-state index contributed by atoms with van der Waals surface area (Å²) in [6, 6.07) is 12.9. The fourth-order valence-electron chi connectivity index (χ4n) is 3.71. The minimum Gasteiger partial charge on any atom is -0.406 e. The van der Waals surface area contributed by atoms with Crippen LogP contribution in [0.2, 0.25) is 0 Å². The van der Waals surface area contributed by atoms with E-state index in [2.05, 4.69) is 10.2 Å². The normalized spacial score (nSPS) is 14.7. The van der Waals surface area contributed by atoms with Crippen LogP contribution in [0.1, 0.15) is 17.5 Å². The SMILES string of the molecule is O=c1ccc(CONC2=CCN(S(=O)(=O)c3ccc(OC(F)(F)F)cc3)CC2)cn1Cc1ccc(F)cc1. The number of halogens is 4. The molecule has 2 heterocycles. The van der Waals surface area contributed by atoms with E-state index in [0.29, 0.717) is 17.7 Å². The van der Waals surface area contributed by atoms with E-state index in [1.165, 1.54) is 27.1 Å². The summed E-state index contributed by atoms with van der Waals surface area (Å²) < 4.78 is 82.2. The van der Waals surface area contributed by atoms with Crippen molar-refractivity contribution in [3.63, 3.8) is 0 Å². The Morgan fingerprint density at radius 2 is 1.63 bits per heavy atom. The van der Waals surface area contributed by atoms with Crippen molar-refractivity contribution in [1.29, 1.82) is 0 Å². The van der Waals surface area contributed by atoms with Gasteiger partial charge in [0, 0.05) is 37.5 Å². The first-order chi connectivity index (χ1) is 18.0. The van der Waals surface area contributed by atoms with Crippen molar-refractivity contribution in [1.82, 2.24) is 14.4 Å². The Balaban J connectivity index is 1.30. The largest absolute Gasteiger partial charge is 0.573 e. The minimum absolute atomic E-state index is 0.0391. The van der Waals surface area contributed by atoms with Gasteiger partial charge in [0.25, 0.3) is 5.56 Å². The van der Waals surface area contributed by atoms with E-state index in [4.69, 9.17) is 4.84 Å². The van der Waals surface area contributed by atoms with E-state index in [-0.39, 0.29) is 42.5 Å². The van der Waals surface area contributed by atoms with E-state index in [0.717, 1.165) is 29.8 Å². The maximum Gasteiger partial charge on any atom is 0.573 e. The van der Waals surface area contributed by atoms with Crippen LogP contribution in [0.25, 0.3) is 0 Å². The predicted molar refractivity (Wildman–Crippen MR) is 129 cm³/mol. The number of hydrogen-bond acceptors (Lipinski definition) is 6. The molecule has 38 heavy (non-hydrogen) atoms. The van der Waals surface area contributed by atoms with Gasteiger partial charge in [0.15, 0.2) is 0 Å². The fraction of sp³-hybridized carbons (Fsp3) is 0.240. The van der Waals surface area contributed by atoms with Crippen LogP contribution in [0.3, 0.4) is 0 Å². The third-order valence-corrected chi connectivity index (χ3v) is 7.50. The number of hydrogen-bond donors (Lipinski definition) is 1. The van der Waals surface area contributed by atoms with Crippen LogP contribution in [0.15, 0.2) is 88.3 Å². The lowest BCUT2D eigenvalue weighted by molar-refractivity contribution is -0.274. The van der Waals surface area contributed by atoms with Gasteiger partial charge in [0.05, 0.1) is 11.4 Å². The molecule has 202 valence electrons. The molecule has 2 aromatic carbocycles. The van der Waals surface area contributed by atoms with Crippen molar-refractivity contribution < 1.29 is 35.6 Å². The van der Waals surface area contributed by atoms with Gasteiger partial charge in [0.1, 0.15) is 18.2 Å². The van der Waals surface area contributed by atoms with Crippen molar-refractivity contribution in [3.8, 4) is 5.75 Å². The van der Waals surface area contributed by atoms with Gasteiger partial charge in [-0.2, -0.15) is 4.31 Å². The summed E-state index contributed by atoms with van der Waals surface area (Å²) in [6.07, 6.45) is -1.27. The first-order valence-corrected chi connectivity index (χ1v) is 12.8. The molecule has 13 heteroatoms. The summed E-state index contributed by atoms with van der Waals surface area (Å²) >= 11 is 0. The van der Waals surface area contributed by atoms with Crippen molar-refractivity contribution >= 4 is 10.0 Å². The highest BCUT2D eigenvalue weighted by Crippen LogP contribution is 2.26. The third kappa shape index (κ3) is 7.21. The highest BCUT2D eigenvalue weighted by Gasteiger charge is 2.31. The van der Waals surface area contributed by atoms with Gasteiger partial charge in [0.2, 0.25) is 10.0 Å². The molecule has 0 amide bonds. The molecule has 0 radical (unpaired) electrons. The molecule has 0 unspecified atom stereocenters. The van der Waals surface area contributed by atoms with Crippen LogP contribution < -0.4 is 15.8 Å². The number of ether oxygens (including phenoxy) is 1. The minimum atomic E-state index is -4.87. The van der Waals surface area contributed by atoms with E-state index in [9.17, 15) is 30.8 Å². The van der Waals surface area contributed by atoms with E-state index >= 15 is 0 Å².